The molecule has 0 unspecified atom stereocenters. The van der Waals surface area contributed by atoms with Crippen molar-refractivity contribution < 1.29 is 4.79 Å². The van der Waals surface area contributed by atoms with Crippen LogP contribution in [0.4, 0.5) is 5.69 Å². The number of rotatable bonds is 3. The van der Waals surface area contributed by atoms with Gasteiger partial charge in [0.15, 0.2) is 5.69 Å². The van der Waals surface area contributed by atoms with Crippen LogP contribution in [0.3, 0.4) is 0 Å². The third kappa shape index (κ3) is 2.30. The fraction of sp³-hybridized carbons (Fsp3) is 0.357. The minimum Gasteiger partial charge on any atom is -0.320 e. The maximum Gasteiger partial charge on any atom is 0.277 e. The van der Waals surface area contributed by atoms with E-state index < -0.39 is 0 Å². The molecule has 3 rings (SSSR count). The molecule has 0 radical (unpaired) electrons. The number of benzene rings is 1. The van der Waals surface area contributed by atoms with Gasteiger partial charge in [0.1, 0.15) is 0 Å². The number of hydrogen-bond donors (Lipinski definition) is 2. The molecule has 6 nitrogen and oxygen atoms in total. The lowest BCUT2D eigenvalue weighted by Gasteiger charge is -2.26. The normalized spacial score (nSPS) is 14.9. The van der Waals surface area contributed by atoms with E-state index in [9.17, 15) is 4.79 Å². The smallest absolute Gasteiger partial charge is 0.277 e. The molecule has 104 valence electrons. The lowest BCUT2D eigenvalue weighted by molar-refractivity contribution is 0.102. The molecule has 0 bridgehead atoms. The van der Waals surface area contributed by atoms with Gasteiger partial charge in [-0.3, -0.25) is 4.79 Å². The van der Waals surface area contributed by atoms with E-state index in [2.05, 4.69) is 20.9 Å². The summed E-state index contributed by atoms with van der Waals surface area (Å²) in [4.78, 5) is 12.2. The van der Waals surface area contributed by atoms with E-state index in [0.717, 1.165) is 29.9 Å². The maximum absolute atomic E-state index is 12.2. The van der Waals surface area contributed by atoms with Crippen molar-refractivity contribution in [3.05, 3.63) is 41.2 Å². The van der Waals surface area contributed by atoms with Gasteiger partial charge in [0.05, 0.1) is 12.2 Å². The van der Waals surface area contributed by atoms with Crippen LogP contribution in [-0.4, -0.2) is 34.0 Å². The van der Waals surface area contributed by atoms with Crippen molar-refractivity contribution in [1.29, 1.82) is 0 Å². The minimum atomic E-state index is -0.225. The van der Waals surface area contributed by atoms with Crippen LogP contribution in [0, 0.1) is 13.8 Å². The van der Waals surface area contributed by atoms with Gasteiger partial charge in [-0.25, -0.2) is 4.68 Å². The van der Waals surface area contributed by atoms with E-state index in [1.165, 1.54) is 0 Å². The Bertz CT molecular complexity index is 645. The average molecular weight is 271 g/mol. The molecular formula is C14H17N5O. The summed E-state index contributed by atoms with van der Waals surface area (Å²) in [6.45, 7) is 5.76. The molecule has 2 heterocycles. The van der Waals surface area contributed by atoms with Gasteiger partial charge in [0.2, 0.25) is 0 Å². The van der Waals surface area contributed by atoms with Crippen LogP contribution in [0.1, 0.15) is 27.7 Å². The van der Waals surface area contributed by atoms with Gasteiger partial charge in [-0.1, -0.05) is 17.3 Å². The van der Waals surface area contributed by atoms with Crippen molar-refractivity contribution in [1.82, 2.24) is 20.3 Å². The summed E-state index contributed by atoms with van der Waals surface area (Å²) in [5.41, 5.74) is 3.37. The van der Waals surface area contributed by atoms with Gasteiger partial charge in [0.25, 0.3) is 5.91 Å². The molecule has 1 amide bonds. The molecule has 2 N–H and O–H groups in total. The van der Waals surface area contributed by atoms with E-state index >= 15 is 0 Å². The third-order valence-corrected chi connectivity index (χ3v) is 3.73. The van der Waals surface area contributed by atoms with E-state index in [1.807, 2.05) is 32.0 Å². The van der Waals surface area contributed by atoms with Gasteiger partial charge in [-0.05, 0) is 31.0 Å². The monoisotopic (exact) mass is 271 g/mol. The molecule has 0 spiro atoms. The van der Waals surface area contributed by atoms with Gasteiger partial charge >= 0.3 is 0 Å². The predicted octanol–water partition coefficient (Wildman–Crippen LogP) is 1.29. The van der Waals surface area contributed by atoms with Crippen LogP contribution in [0.2, 0.25) is 0 Å². The summed E-state index contributed by atoms with van der Waals surface area (Å²) in [6, 6.07) is 6.14. The summed E-state index contributed by atoms with van der Waals surface area (Å²) in [5.74, 6) is -0.225. The zero-order valence-electron chi connectivity index (χ0n) is 11.6. The highest BCUT2D eigenvalue weighted by atomic mass is 16.2. The highest BCUT2D eigenvalue weighted by molar-refractivity contribution is 6.03. The first-order valence-corrected chi connectivity index (χ1v) is 6.65. The van der Waals surface area contributed by atoms with Gasteiger partial charge in [-0.2, -0.15) is 0 Å². The Morgan fingerprint density at radius 1 is 1.40 bits per heavy atom. The summed E-state index contributed by atoms with van der Waals surface area (Å²) in [7, 11) is 0. The summed E-state index contributed by atoms with van der Waals surface area (Å²) < 4.78 is 1.74. The molecule has 20 heavy (non-hydrogen) atoms. The maximum atomic E-state index is 12.2. The van der Waals surface area contributed by atoms with Crippen molar-refractivity contribution in [3.8, 4) is 0 Å². The average Bonchev–Trinajstić information content (AvgIpc) is 2.82. The number of carbonyl (C=O) groups excluding carboxylic acids is 1. The van der Waals surface area contributed by atoms with Crippen LogP contribution >= 0.6 is 0 Å². The molecule has 1 saturated heterocycles. The zero-order valence-corrected chi connectivity index (χ0v) is 11.6. The van der Waals surface area contributed by atoms with Crippen LogP contribution in [0.15, 0.2) is 24.4 Å². The Morgan fingerprint density at radius 2 is 2.20 bits per heavy atom. The molecule has 1 aliphatic rings. The quantitative estimate of drug-likeness (QED) is 0.882. The van der Waals surface area contributed by atoms with Crippen molar-refractivity contribution in [2.75, 3.05) is 18.4 Å². The van der Waals surface area contributed by atoms with Gasteiger partial charge in [0, 0.05) is 18.8 Å². The SMILES string of the molecule is Cc1cccc(NC(=O)c2cn(C3CNC3)nn2)c1C. The highest BCUT2D eigenvalue weighted by Crippen LogP contribution is 2.18. The van der Waals surface area contributed by atoms with Crippen molar-refractivity contribution in [2.45, 2.75) is 19.9 Å². The van der Waals surface area contributed by atoms with Crippen LogP contribution < -0.4 is 10.6 Å². The molecule has 0 aliphatic carbocycles. The van der Waals surface area contributed by atoms with E-state index in [1.54, 1.807) is 10.9 Å². The molecule has 0 atom stereocenters. The standard InChI is InChI=1S/C14H17N5O/c1-9-4-3-5-12(10(9)2)16-14(20)13-8-19(18-17-13)11-6-15-7-11/h3-5,8,11,15H,6-7H2,1-2H3,(H,16,20). The Balaban J connectivity index is 1.75. The molecule has 1 aliphatic heterocycles. The molecule has 2 aromatic rings. The number of amides is 1. The second kappa shape index (κ2) is 5.05. The first-order valence-electron chi connectivity index (χ1n) is 6.65. The highest BCUT2D eigenvalue weighted by Gasteiger charge is 2.21. The van der Waals surface area contributed by atoms with Crippen LogP contribution in [0.25, 0.3) is 0 Å². The third-order valence-electron chi connectivity index (χ3n) is 3.73. The Hall–Kier alpha value is -2.21. The van der Waals surface area contributed by atoms with Crippen molar-refractivity contribution in [3.63, 3.8) is 0 Å². The largest absolute Gasteiger partial charge is 0.320 e. The van der Waals surface area contributed by atoms with Gasteiger partial charge < -0.3 is 10.6 Å². The number of aromatic nitrogens is 3. The summed E-state index contributed by atoms with van der Waals surface area (Å²) >= 11 is 0. The van der Waals surface area contributed by atoms with E-state index in [-0.39, 0.29) is 5.91 Å². The molecule has 1 fully saturated rings. The zero-order chi connectivity index (χ0) is 14.1. The second-order valence-electron chi connectivity index (χ2n) is 5.10. The molecule has 6 heteroatoms. The fourth-order valence-corrected chi connectivity index (χ4v) is 2.09. The molecular weight excluding hydrogens is 254 g/mol. The Kier molecular flexibility index (Phi) is 3.23. The summed E-state index contributed by atoms with van der Waals surface area (Å²) in [5, 5.41) is 14.0. The number of nitrogens with one attached hydrogen (secondary N) is 2. The lowest BCUT2D eigenvalue weighted by atomic mass is 10.1. The first kappa shape index (κ1) is 12.8. The Labute approximate surface area is 117 Å². The number of anilines is 1. The Morgan fingerprint density at radius 3 is 2.90 bits per heavy atom. The van der Waals surface area contributed by atoms with Gasteiger partial charge in [-0.15, -0.1) is 5.10 Å². The summed E-state index contributed by atoms with van der Waals surface area (Å²) in [6.07, 6.45) is 1.70. The predicted molar refractivity (Wildman–Crippen MR) is 75.8 cm³/mol. The number of nitrogens with zero attached hydrogens (tertiary/aromatic N) is 3. The second-order valence-corrected chi connectivity index (χ2v) is 5.10. The van der Waals surface area contributed by atoms with Crippen LogP contribution in [0.5, 0.6) is 0 Å². The molecule has 1 aromatic carbocycles. The lowest BCUT2D eigenvalue weighted by Crippen LogP contribution is -2.43. The van der Waals surface area contributed by atoms with Crippen LogP contribution in [-0.2, 0) is 0 Å². The fourth-order valence-electron chi connectivity index (χ4n) is 2.09. The van der Waals surface area contributed by atoms with E-state index in [0.29, 0.717) is 11.7 Å². The minimum absolute atomic E-state index is 0.225. The molecule has 0 saturated carbocycles. The molecule has 1 aromatic heterocycles. The topological polar surface area (TPSA) is 71.8 Å². The van der Waals surface area contributed by atoms with Crippen molar-refractivity contribution in [2.24, 2.45) is 0 Å². The number of carbonyl (C=O) groups is 1. The first-order chi connectivity index (χ1) is 9.65. The van der Waals surface area contributed by atoms with Crippen molar-refractivity contribution >= 4 is 11.6 Å². The van der Waals surface area contributed by atoms with E-state index in [4.69, 9.17) is 0 Å². The number of hydrogen-bond acceptors (Lipinski definition) is 4. The number of aryl methyl sites for hydroxylation is 1.